The van der Waals surface area contributed by atoms with Crippen LogP contribution in [-0.2, 0) is 5.33 Å². The maximum absolute atomic E-state index is 3.49. The first-order chi connectivity index (χ1) is 7.54. The van der Waals surface area contributed by atoms with Gasteiger partial charge in [0, 0.05) is 5.33 Å². The molecule has 1 heteroatoms. The van der Waals surface area contributed by atoms with Gasteiger partial charge in [0.05, 0.1) is 0 Å². The van der Waals surface area contributed by atoms with E-state index < -0.39 is 0 Å². The second-order valence-electron chi connectivity index (χ2n) is 5.36. The Labute approximate surface area is 109 Å². The average molecular weight is 283 g/mol. The van der Waals surface area contributed by atoms with Gasteiger partial charge in [-0.2, -0.15) is 0 Å². The van der Waals surface area contributed by atoms with Gasteiger partial charge in [-0.3, -0.25) is 0 Å². The number of halogens is 1. The molecule has 1 rings (SSSR count). The van der Waals surface area contributed by atoms with Crippen molar-refractivity contribution in [2.45, 2.75) is 45.4 Å². The number of alkyl halides is 1. The lowest BCUT2D eigenvalue weighted by molar-refractivity contribution is 0.408. The molecule has 0 aliphatic heterocycles. The van der Waals surface area contributed by atoms with Gasteiger partial charge in [0.15, 0.2) is 0 Å². The quantitative estimate of drug-likeness (QED) is 0.637. The highest BCUT2D eigenvalue weighted by molar-refractivity contribution is 9.08. The molecule has 0 aliphatic carbocycles. The van der Waals surface area contributed by atoms with Gasteiger partial charge >= 0.3 is 0 Å². The van der Waals surface area contributed by atoms with Crippen LogP contribution in [-0.4, -0.2) is 0 Å². The van der Waals surface area contributed by atoms with E-state index in [4.69, 9.17) is 0 Å². The Morgan fingerprint density at radius 2 is 1.56 bits per heavy atom. The Morgan fingerprint density at radius 1 is 1.00 bits per heavy atom. The van der Waals surface area contributed by atoms with Crippen LogP contribution in [0.3, 0.4) is 0 Å². The van der Waals surface area contributed by atoms with Crippen molar-refractivity contribution in [1.82, 2.24) is 0 Å². The van der Waals surface area contributed by atoms with Crippen molar-refractivity contribution in [2.24, 2.45) is 11.8 Å². The molecule has 0 N–H and O–H groups in total. The molecule has 1 aromatic carbocycles. The lowest BCUT2D eigenvalue weighted by Gasteiger charge is -2.23. The van der Waals surface area contributed by atoms with Gasteiger partial charge in [-0.15, -0.1) is 0 Å². The fourth-order valence-electron chi connectivity index (χ4n) is 2.15. The zero-order valence-electron chi connectivity index (χ0n) is 10.8. The van der Waals surface area contributed by atoms with E-state index in [1.165, 1.54) is 17.5 Å². The zero-order valence-corrected chi connectivity index (χ0v) is 12.4. The third kappa shape index (κ3) is 3.93. The predicted molar refractivity (Wildman–Crippen MR) is 76.1 cm³/mol. The summed E-state index contributed by atoms with van der Waals surface area (Å²) in [4.78, 5) is 0. The molecular formula is C15H23Br. The fraction of sp³-hybridized carbons (Fsp3) is 0.600. The molecule has 16 heavy (non-hydrogen) atoms. The molecule has 90 valence electrons. The van der Waals surface area contributed by atoms with Crippen molar-refractivity contribution in [1.29, 1.82) is 0 Å². The first-order valence-corrected chi connectivity index (χ1v) is 7.31. The average Bonchev–Trinajstić information content (AvgIpc) is 2.25. The first-order valence-electron chi connectivity index (χ1n) is 6.19. The van der Waals surface area contributed by atoms with E-state index in [1.807, 2.05) is 0 Å². The Morgan fingerprint density at radius 3 is 1.94 bits per heavy atom. The standard InChI is InChI=1S/C15H23Br/c1-11(2)9-15(12(3)4)14-7-5-13(10-16)6-8-14/h5-8,11-12,15H,9-10H2,1-4H3. The Bertz CT molecular complexity index is 298. The van der Waals surface area contributed by atoms with Crippen molar-refractivity contribution < 1.29 is 0 Å². The third-order valence-corrected chi connectivity index (χ3v) is 3.74. The van der Waals surface area contributed by atoms with Gasteiger partial charge in [0.1, 0.15) is 0 Å². The van der Waals surface area contributed by atoms with E-state index in [2.05, 4.69) is 67.9 Å². The lowest BCUT2D eigenvalue weighted by Crippen LogP contribution is -2.09. The number of benzene rings is 1. The maximum atomic E-state index is 3.49. The SMILES string of the molecule is CC(C)CC(c1ccc(CBr)cc1)C(C)C. The van der Waals surface area contributed by atoms with Gasteiger partial charge in [0.25, 0.3) is 0 Å². The van der Waals surface area contributed by atoms with Crippen LogP contribution in [0.5, 0.6) is 0 Å². The Kier molecular flexibility index (Phi) is 5.54. The first kappa shape index (κ1) is 13.8. The van der Waals surface area contributed by atoms with E-state index in [1.54, 1.807) is 0 Å². The highest BCUT2D eigenvalue weighted by atomic mass is 79.9. The van der Waals surface area contributed by atoms with E-state index in [0.29, 0.717) is 5.92 Å². The normalized spacial score (nSPS) is 13.4. The smallest absolute Gasteiger partial charge is 0.0283 e. The maximum Gasteiger partial charge on any atom is 0.0283 e. The van der Waals surface area contributed by atoms with Crippen LogP contribution in [0.1, 0.15) is 51.2 Å². The third-order valence-electron chi connectivity index (χ3n) is 3.09. The fourth-order valence-corrected chi connectivity index (χ4v) is 2.53. The van der Waals surface area contributed by atoms with Crippen LogP contribution in [0.2, 0.25) is 0 Å². The molecule has 0 saturated carbocycles. The summed E-state index contributed by atoms with van der Waals surface area (Å²) in [6.45, 7) is 9.27. The summed E-state index contributed by atoms with van der Waals surface area (Å²) in [5.41, 5.74) is 2.85. The summed E-state index contributed by atoms with van der Waals surface area (Å²) in [6.07, 6.45) is 1.28. The Hall–Kier alpha value is -0.300. The summed E-state index contributed by atoms with van der Waals surface area (Å²) in [6, 6.07) is 9.06. The highest BCUT2D eigenvalue weighted by Crippen LogP contribution is 2.31. The minimum atomic E-state index is 0.698. The number of hydrogen-bond donors (Lipinski definition) is 0. The zero-order chi connectivity index (χ0) is 12.1. The molecule has 0 bridgehead atoms. The van der Waals surface area contributed by atoms with Crippen LogP contribution >= 0.6 is 15.9 Å². The summed E-state index contributed by atoms with van der Waals surface area (Å²) in [5, 5.41) is 0.948. The van der Waals surface area contributed by atoms with Gasteiger partial charge in [-0.05, 0) is 35.3 Å². The van der Waals surface area contributed by atoms with Crippen LogP contribution in [0.4, 0.5) is 0 Å². The molecule has 0 aliphatic rings. The van der Waals surface area contributed by atoms with E-state index in [-0.39, 0.29) is 0 Å². The minimum absolute atomic E-state index is 0.698. The molecule has 0 saturated heterocycles. The molecule has 0 amide bonds. The van der Waals surface area contributed by atoms with E-state index in [0.717, 1.165) is 17.2 Å². The molecular weight excluding hydrogens is 260 g/mol. The molecule has 0 aromatic heterocycles. The minimum Gasteiger partial charge on any atom is -0.0876 e. The van der Waals surface area contributed by atoms with Crippen LogP contribution in [0.25, 0.3) is 0 Å². The molecule has 0 nitrogen and oxygen atoms in total. The number of hydrogen-bond acceptors (Lipinski definition) is 0. The van der Waals surface area contributed by atoms with Gasteiger partial charge < -0.3 is 0 Å². The Balaban J connectivity index is 2.84. The van der Waals surface area contributed by atoms with Crippen molar-refractivity contribution in [2.75, 3.05) is 0 Å². The van der Waals surface area contributed by atoms with Crippen LogP contribution < -0.4 is 0 Å². The largest absolute Gasteiger partial charge is 0.0876 e. The second kappa shape index (κ2) is 6.44. The van der Waals surface area contributed by atoms with Gasteiger partial charge in [-0.1, -0.05) is 67.9 Å². The topological polar surface area (TPSA) is 0 Å². The van der Waals surface area contributed by atoms with Gasteiger partial charge in [-0.25, -0.2) is 0 Å². The van der Waals surface area contributed by atoms with Crippen molar-refractivity contribution in [3.05, 3.63) is 35.4 Å². The molecule has 0 heterocycles. The molecule has 1 atom stereocenters. The summed E-state index contributed by atoms with van der Waals surface area (Å²) in [7, 11) is 0. The molecule has 0 fully saturated rings. The second-order valence-corrected chi connectivity index (χ2v) is 5.92. The van der Waals surface area contributed by atoms with E-state index >= 15 is 0 Å². The summed E-state index contributed by atoms with van der Waals surface area (Å²) in [5.74, 6) is 2.19. The molecule has 0 spiro atoms. The monoisotopic (exact) mass is 282 g/mol. The molecule has 0 radical (unpaired) electrons. The summed E-state index contributed by atoms with van der Waals surface area (Å²) < 4.78 is 0. The predicted octanol–water partition coefficient (Wildman–Crippen LogP) is 5.37. The molecule has 1 aromatic rings. The summed E-state index contributed by atoms with van der Waals surface area (Å²) >= 11 is 3.49. The molecule has 1 unspecified atom stereocenters. The highest BCUT2D eigenvalue weighted by Gasteiger charge is 2.16. The van der Waals surface area contributed by atoms with Crippen molar-refractivity contribution in [3.63, 3.8) is 0 Å². The van der Waals surface area contributed by atoms with Crippen molar-refractivity contribution in [3.8, 4) is 0 Å². The van der Waals surface area contributed by atoms with Crippen LogP contribution in [0.15, 0.2) is 24.3 Å². The van der Waals surface area contributed by atoms with Crippen molar-refractivity contribution >= 4 is 15.9 Å². The van der Waals surface area contributed by atoms with Gasteiger partial charge in [0.2, 0.25) is 0 Å². The van der Waals surface area contributed by atoms with Crippen LogP contribution in [0, 0.1) is 11.8 Å². The lowest BCUT2D eigenvalue weighted by atomic mass is 9.82. The number of rotatable bonds is 5. The van der Waals surface area contributed by atoms with E-state index in [9.17, 15) is 0 Å².